The first kappa shape index (κ1) is 11.4. The van der Waals surface area contributed by atoms with E-state index in [4.69, 9.17) is 11.6 Å². The summed E-state index contributed by atoms with van der Waals surface area (Å²) in [6.07, 6.45) is 5.28. The van der Waals surface area contributed by atoms with Crippen molar-refractivity contribution in [2.24, 2.45) is 0 Å². The van der Waals surface area contributed by atoms with Gasteiger partial charge in [-0.1, -0.05) is 36.6 Å². The molecule has 0 unspecified atom stereocenters. The summed E-state index contributed by atoms with van der Waals surface area (Å²) in [6, 6.07) is 6.21. The van der Waals surface area contributed by atoms with Gasteiger partial charge in [0.2, 0.25) is 0 Å². The minimum Gasteiger partial charge on any atom is -0.256 e. The molecule has 2 aromatic rings. The second kappa shape index (κ2) is 4.84. The van der Waals surface area contributed by atoms with Crippen molar-refractivity contribution >= 4 is 22.5 Å². The third-order valence-corrected chi connectivity index (χ3v) is 3.28. The predicted octanol–water partition coefficient (Wildman–Crippen LogP) is 4.54. The molecule has 0 radical (unpaired) electrons. The van der Waals surface area contributed by atoms with Crippen LogP contribution in [0.1, 0.15) is 30.9 Å². The average Bonchev–Trinajstić information content (AvgIpc) is 2.29. The number of aryl methyl sites for hydroxylation is 2. The van der Waals surface area contributed by atoms with Gasteiger partial charge >= 0.3 is 0 Å². The highest BCUT2D eigenvalue weighted by atomic mass is 35.5. The summed E-state index contributed by atoms with van der Waals surface area (Å²) in [6.45, 7) is 4.26. The van der Waals surface area contributed by atoms with Gasteiger partial charge in [0.15, 0.2) is 0 Å². The highest BCUT2D eigenvalue weighted by molar-refractivity contribution is 6.36. The van der Waals surface area contributed by atoms with Gasteiger partial charge < -0.3 is 0 Å². The van der Waals surface area contributed by atoms with Crippen molar-refractivity contribution in [1.82, 2.24) is 4.98 Å². The van der Waals surface area contributed by atoms with Crippen molar-refractivity contribution in [2.75, 3.05) is 0 Å². The van der Waals surface area contributed by atoms with Crippen molar-refractivity contribution in [3.05, 3.63) is 40.5 Å². The molecule has 0 bridgehead atoms. The average molecular weight is 234 g/mol. The lowest BCUT2D eigenvalue weighted by Crippen LogP contribution is -1.91. The zero-order valence-corrected chi connectivity index (χ0v) is 10.5. The molecule has 0 amide bonds. The van der Waals surface area contributed by atoms with Crippen LogP contribution in [0.25, 0.3) is 10.9 Å². The smallest absolute Gasteiger partial charge is 0.0717 e. The van der Waals surface area contributed by atoms with E-state index in [9.17, 15) is 0 Å². The van der Waals surface area contributed by atoms with Crippen LogP contribution in [0.2, 0.25) is 5.02 Å². The van der Waals surface area contributed by atoms with Crippen LogP contribution in [-0.4, -0.2) is 4.98 Å². The molecule has 2 heteroatoms. The normalized spacial score (nSPS) is 10.9. The topological polar surface area (TPSA) is 12.9 Å². The number of pyridine rings is 1. The summed E-state index contributed by atoms with van der Waals surface area (Å²) in [5.41, 5.74) is 3.38. The number of hydrogen-bond acceptors (Lipinski definition) is 1. The van der Waals surface area contributed by atoms with Crippen molar-refractivity contribution in [3.63, 3.8) is 0 Å². The summed E-state index contributed by atoms with van der Waals surface area (Å²) < 4.78 is 0. The molecule has 1 aromatic heterocycles. The number of hydrogen-bond donors (Lipinski definition) is 0. The van der Waals surface area contributed by atoms with E-state index >= 15 is 0 Å². The molecular formula is C14H16ClN. The van der Waals surface area contributed by atoms with Crippen LogP contribution in [0.5, 0.6) is 0 Å². The quantitative estimate of drug-likeness (QED) is 0.759. The summed E-state index contributed by atoms with van der Waals surface area (Å²) in [5.74, 6) is 0. The zero-order chi connectivity index (χ0) is 11.5. The first-order valence-corrected chi connectivity index (χ1v) is 6.14. The van der Waals surface area contributed by atoms with Crippen LogP contribution in [-0.2, 0) is 6.42 Å². The van der Waals surface area contributed by atoms with E-state index in [0.29, 0.717) is 0 Å². The van der Waals surface area contributed by atoms with E-state index in [1.165, 1.54) is 24.0 Å². The van der Waals surface area contributed by atoms with E-state index in [-0.39, 0.29) is 0 Å². The Labute approximate surface area is 101 Å². The lowest BCUT2D eigenvalue weighted by Gasteiger charge is -2.07. The fourth-order valence-corrected chi connectivity index (χ4v) is 2.15. The largest absolute Gasteiger partial charge is 0.256 e. The van der Waals surface area contributed by atoms with Crippen LogP contribution in [0, 0.1) is 6.92 Å². The van der Waals surface area contributed by atoms with Gasteiger partial charge in [-0.3, -0.25) is 4.98 Å². The van der Waals surface area contributed by atoms with Gasteiger partial charge in [-0.15, -0.1) is 0 Å². The number of halogens is 1. The lowest BCUT2D eigenvalue weighted by atomic mass is 10.1. The standard InChI is InChI=1S/C14H16ClN/c1-3-4-5-11-9-16-13-7-6-10(2)8-12(13)14(11)15/h6-9H,3-5H2,1-2H3. The molecule has 0 saturated heterocycles. The molecule has 1 heterocycles. The third kappa shape index (κ3) is 2.19. The second-order valence-electron chi connectivity index (χ2n) is 4.22. The van der Waals surface area contributed by atoms with Crippen LogP contribution in [0.3, 0.4) is 0 Å². The molecule has 1 nitrogen and oxygen atoms in total. The summed E-state index contributed by atoms with van der Waals surface area (Å²) in [5, 5.41) is 1.96. The predicted molar refractivity (Wildman–Crippen MR) is 70.1 cm³/mol. The maximum atomic E-state index is 6.41. The van der Waals surface area contributed by atoms with Crippen molar-refractivity contribution < 1.29 is 0 Å². The number of fused-ring (bicyclic) bond motifs is 1. The Hall–Kier alpha value is -1.08. The van der Waals surface area contributed by atoms with Crippen LogP contribution in [0.4, 0.5) is 0 Å². The van der Waals surface area contributed by atoms with Gasteiger partial charge in [0.25, 0.3) is 0 Å². The molecule has 0 N–H and O–H groups in total. The second-order valence-corrected chi connectivity index (χ2v) is 4.60. The van der Waals surface area contributed by atoms with Crippen LogP contribution >= 0.6 is 11.6 Å². The maximum Gasteiger partial charge on any atom is 0.0717 e. The van der Waals surface area contributed by atoms with Gasteiger partial charge in [0.05, 0.1) is 10.5 Å². The number of rotatable bonds is 3. The molecule has 1 aromatic carbocycles. The van der Waals surface area contributed by atoms with Gasteiger partial charge in [0.1, 0.15) is 0 Å². The molecule has 0 atom stereocenters. The minimum absolute atomic E-state index is 0.877. The molecule has 0 aliphatic rings. The Morgan fingerprint density at radius 1 is 1.31 bits per heavy atom. The fourth-order valence-electron chi connectivity index (χ4n) is 1.86. The molecular weight excluding hydrogens is 218 g/mol. The highest BCUT2D eigenvalue weighted by Gasteiger charge is 2.06. The monoisotopic (exact) mass is 233 g/mol. The van der Waals surface area contributed by atoms with Crippen molar-refractivity contribution in [1.29, 1.82) is 0 Å². The molecule has 16 heavy (non-hydrogen) atoms. The Kier molecular flexibility index (Phi) is 3.45. The minimum atomic E-state index is 0.877. The SMILES string of the molecule is CCCCc1cnc2ccc(C)cc2c1Cl. The van der Waals surface area contributed by atoms with Gasteiger partial charge in [-0.2, -0.15) is 0 Å². The van der Waals surface area contributed by atoms with Crippen LogP contribution in [0.15, 0.2) is 24.4 Å². The number of benzene rings is 1. The molecule has 2 rings (SSSR count). The third-order valence-electron chi connectivity index (χ3n) is 2.83. The molecule has 0 saturated carbocycles. The summed E-state index contributed by atoms with van der Waals surface area (Å²) in [7, 11) is 0. The number of nitrogens with zero attached hydrogens (tertiary/aromatic N) is 1. The first-order valence-electron chi connectivity index (χ1n) is 5.76. The summed E-state index contributed by atoms with van der Waals surface area (Å²) >= 11 is 6.41. The molecule has 0 fully saturated rings. The van der Waals surface area contributed by atoms with Gasteiger partial charge in [0, 0.05) is 11.6 Å². The molecule has 0 spiro atoms. The summed E-state index contributed by atoms with van der Waals surface area (Å²) in [4.78, 5) is 4.45. The molecule has 0 aliphatic heterocycles. The van der Waals surface area contributed by atoms with Crippen LogP contribution < -0.4 is 0 Å². The Bertz CT molecular complexity index is 505. The first-order chi connectivity index (χ1) is 7.72. The molecule has 84 valence electrons. The number of unbranched alkanes of at least 4 members (excludes halogenated alkanes) is 1. The molecule has 0 aliphatic carbocycles. The van der Waals surface area contributed by atoms with Crippen molar-refractivity contribution in [3.8, 4) is 0 Å². The van der Waals surface area contributed by atoms with Gasteiger partial charge in [-0.25, -0.2) is 0 Å². The number of aromatic nitrogens is 1. The van der Waals surface area contributed by atoms with Crippen molar-refractivity contribution in [2.45, 2.75) is 33.1 Å². The fraction of sp³-hybridized carbons (Fsp3) is 0.357. The highest BCUT2D eigenvalue weighted by Crippen LogP contribution is 2.27. The lowest BCUT2D eigenvalue weighted by molar-refractivity contribution is 0.793. The van der Waals surface area contributed by atoms with E-state index in [1.807, 2.05) is 12.3 Å². The van der Waals surface area contributed by atoms with E-state index in [2.05, 4.69) is 31.0 Å². The zero-order valence-electron chi connectivity index (χ0n) is 9.76. The Balaban J connectivity index is 2.50. The van der Waals surface area contributed by atoms with E-state index in [1.54, 1.807) is 0 Å². The Morgan fingerprint density at radius 2 is 2.12 bits per heavy atom. The van der Waals surface area contributed by atoms with E-state index < -0.39 is 0 Å². The van der Waals surface area contributed by atoms with E-state index in [0.717, 1.165) is 22.3 Å². The Morgan fingerprint density at radius 3 is 2.88 bits per heavy atom. The van der Waals surface area contributed by atoms with Gasteiger partial charge in [-0.05, 0) is 37.5 Å². The maximum absolute atomic E-state index is 6.41.